The van der Waals surface area contributed by atoms with Gasteiger partial charge in [-0.05, 0) is 19.1 Å². The van der Waals surface area contributed by atoms with Gasteiger partial charge in [-0.25, -0.2) is 0 Å². The number of carbonyl (C=O) groups excluding carboxylic acids is 1. The van der Waals surface area contributed by atoms with E-state index in [-0.39, 0.29) is 0 Å². The minimum absolute atomic E-state index is 0.730. The fraction of sp³-hybridized carbons (Fsp3) is 0.167. The average molecular weight is 232 g/mol. The molecule has 2 rings (SSSR count). The number of rotatable bonds is 3. The van der Waals surface area contributed by atoms with Gasteiger partial charge in [0.15, 0.2) is 6.29 Å². The minimum atomic E-state index is 0.730. The number of hydrogen-bond donors (Lipinski definition) is 0. The molecule has 0 unspecified atom stereocenters. The fourth-order valence-electron chi connectivity index (χ4n) is 1.43. The third kappa shape index (κ3) is 2.33. The van der Waals surface area contributed by atoms with Crippen molar-refractivity contribution in [1.82, 2.24) is 9.78 Å². The van der Waals surface area contributed by atoms with Crippen molar-refractivity contribution in [3.8, 4) is 0 Å². The first-order chi connectivity index (χ1) is 7.69. The van der Waals surface area contributed by atoms with Gasteiger partial charge >= 0.3 is 0 Å². The molecule has 0 radical (unpaired) electrons. The van der Waals surface area contributed by atoms with Crippen LogP contribution in [-0.2, 0) is 7.05 Å². The van der Waals surface area contributed by atoms with Crippen molar-refractivity contribution >= 4 is 18.0 Å². The molecule has 0 amide bonds. The van der Waals surface area contributed by atoms with E-state index in [0.29, 0.717) is 0 Å². The zero-order valence-corrected chi connectivity index (χ0v) is 9.99. The zero-order valence-electron chi connectivity index (χ0n) is 9.18. The predicted molar refractivity (Wildman–Crippen MR) is 63.9 cm³/mol. The smallest absolute Gasteiger partial charge is 0.151 e. The molecule has 0 aliphatic carbocycles. The van der Waals surface area contributed by atoms with Gasteiger partial charge in [-0.2, -0.15) is 5.10 Å². The Kier molecular flexibility index (Phi) is 3.10. The van der Waals surface area contributed by atoms with Crippen molar-refractivity contribution in [3.05, 3.63) is 41.7 Å². The zero-order chi connectivity index (χ0) is 11.5. The highest BCUT2D eigenvalue weighted by Gasteiger charge is 2.05. The summed E-state index contributed by atoms with van der Waals surface area (Å²) < 4.78 is 1.75. The lowest BCUT2D eigenvalue weighted by atomic mass is 10.2. The molecule has 0 saturated heterocycles. The Morgan fingerprint density at radius 3 is 2.88 bits per heavy atom. The number of benzene rings is 1. The van der Waals surface area contributed by atoms with Crippen LogP contribution in [0.1, 0.15) is 15.9 Å². The second-order valence-electron chi connectivity index (χ2n) is 3.61. The molecule has 0 spiro atoms. The lowest BCUT2D eigenvalue weighted by Gasteiger charge is -2.03. The summed E-state index contributed by atoms with van der Waals surface area (Å²) in [6, 6.07) is 5.87. The molecule has 0 aliphatic heterocycles. The van der Waals surface area contributed by atoms with E-state index in [0.717, 1.165) is 27.2 Å². The minimum Gasteiger partial charge on any atom is -0.298 e. The predicted octanol–water partition coefficient (Wildman–Crippen LogP) is 2.69. The third-order valence-corrected chi connectivity index (χ3v) is 3.24. The molecule has 1 heterocycles. The summed E-state index contributed by atoms with van der Waals surface area (Å²) in [5.41, 5.74) is 1.83. The molecule has 0 bridgehead atoms. The SMILES string of the molecule is Cc1ccc(Sc2cnn(C)c2)c(C=O)c1. The summed E-state index contributed by atoms with van der Waals surface area (Å²) in [6.45, 7) is 1.98. The summed E-state index contributed by atoms with van der Waals surface area (Å²) in [4.78, 5) is 12.9. The number of aldehydes is 1. The maximum Gasteiger partial charge on any atom is 0.151 e. The molecule has 1 aromatic heterocycles. The Morgan fingerprint density at radius 2 is 2.25 bits per heavy atom. The molecule has 2 aromatic rings. The number of hydrogen-bond acceptors (Lipinski definition) is 3. The van der Waals surface area contributed by atoms with E-state index in [1.807, 2.05) is 38.4 Å². The van der Waals surface area contributed by atoms with Gasteiger partial charge < -0.3 is 0 Å². The van der Waals surface area contributed by atoms with Crippen LogP contribution in [0.2, 0.25) is 0 Å². The standard InChI is InChI=1S/C12H12N2OS/c1-9-3-4-12(10(5-9)8-15)16-11-6-13-14(2)7-11/h3-8H,1-2H3. The molecule has 4 heteroatoms. The van der Waals surface area contributed by atoms with Crippen LogP contribution in [0.25, 0.3) is 0 Å². The third-order valence-electron chi connectivity index (χ3n) is 2.20. The van der Waals surface area contributed by atoms with Crippen molar-refractivity contribution in [2.24, 2.45) is 7.05 Å². The Labute approximate surface area is 98.5 Å². The first-order valence-electron chi connectivity index (χ1n) is 4.91. The molecule has 1 aromatic carbocycles. The maximum absolute atomic E-state index is 10.9. The van der Waals surface area contributed by atoms with Crippen LogP contribution in [0.5, 0.6) is 0 Å². The van der Waals surface area contributed by atoms with Gasteiger partial charge in [-0.3, -0.25) is 9.48 Å². The van der Waals surface area contributed by atoms with Crippen molar-refractivity contribution in [1.29, 1.82) is 0 Å². The monoisotopic (exact) mass is 232 g/mol. The van der Waals surface area contributed by atoms with Gasteiger partial charge in [0.2, 0.25) is 0 Å². The first-order valence-corrected chi connectivity index (χ1v) is 5.73. The number of aromatic nitrogens is 2. The highest BCUT2D eigenvalue weighted by Crippen LogP contribution is 2.29. The maximum atomic E-state index is 10.9. The van der Waals surface area contributed by atoms with E-state index >= 15 is 0 Å². The fourth-order valence-corrected chi connectivity index (χ4v) is 2.35. The summed E-state index contributed by atoms with van der Waals surface area (Å²) in [7, 11) is 1.87. The lowest BCUT2D eigenvalue weighted by Crippen LogP contribution is -1.86. The average Bonchev–Trinajstić information content (AvgIpc) is 2.67. The van der Waals surface area contributed by atoms with Gasteiger partial charge in [0.25, 0.3) is 0 Å². The van der Waals surface area contributed by atoms with Crippen molar-refractivity contribution in [2.75, 3.05) is 0 Å². The van der Waals surface area contributed by atoms with Gasteiger partial charge in [0.1, 0.15) is 0 Å². The second kappa shape index (κ2) is 4.53. The molecular formula is C12H12N2OS. The Bertz CT molecular complexity index is 519. The van der Waals surface area contributed by atoms with Crippen LogP contribution < -0.4 is 0 Å². The van der Waals surface area contributed by atoms with E-state index in [2.05, 4.69) is 5.10 Å². The van der Waals surface area contributed by atoms with E-state index in [1.165, 1.54) is 0 Å². The summed E-state index contributed by atoms with van der Waals surface area (Å²) >= 11 is 1.55. The molecule has 0 N–H and O–H groups in total. The van der Waals surface area contributed by atoms with Crippen LogP contribution in [0.15, 0.2) is 40.4 Å². The van der Waals surface area contributed by atoms with Crippen LogP contribution in [0.3, 0.4) is 0 Å². The van der Waals surface area contributed by atoms with Crippen molar-refractivity contribution in [3.63, 3.8) is 0 Å². The Morgan fingerprint density at radius 1 is 1.44 bits per heavy atom. The highest BCUT2D eigenvalue weighted by atomic mass is 32.2. The molecule has 16 heavy (non-hydrogen) atoms. The van der Waals surface area contributed by atoms with Gasteiger partial charge in [0, 0.05) is 23.7 Å². The summed E-state index contributed by atoms with van der Waals surface area (Å²) in [6.07, 6.45) is 4.61. The van der Waals surface area contributed by atoms with Crippen molar-refractivity contribution < 1.29 is 4.79 Å². The quantitative estimate of drug-likeness (QED) is 0.763. The number of carbonyl (C=O) groups is 1. The topological polar surface area (TPSA) is 34.9 Å². The normalized spacial score (nSPS) is 10.4. The molecule has 0 atom stereocenters. The molecule has 0 aliphatic rings. The van der Waals surface area contributed by atoms with E-state index in [9.17, 15) is 4.79 Å². The van der Waals surface area contributed by atoms with E-state index in [4.69, 9.17) is 0 Å². The second-order valence-corrected chi connectivity index (χ2v) is 4.73. The van der Waals surface area contributed by atoms with Crippen LogP contribution in [0, 0.1) is 6.92 Å². The number of nitrogens with zero attached hydrogens (tertiary/aromatic N) is 2. The Hall–Kier alpha value is -1.55. The summed E-state index contributed by atoms with van der Waals surface area (Å²) in [5.74, 6) is 0. The molecule has 0 saturated carbocycles. The summed E-state index contributed by atoms with van der Waals surface area (Å²) in [5, 5.41) is 4.09. The number of aryl methyl sites for hydroxylation is 2. The first kappa shape index (κ1) is 11.0. The van der Waals surface area contributed by atoms with Crippen LogP contribution >= 0.6 is 11.8 Å². The van der Waals surface area contributed by atoms with Gasteiger partial charge in [-0.1, -0.05) is 23.4 Å². The van der Waals surface area contributed by atoms with Crippen LogP contribution in [0.4, 0.5) is 0 Å². The molecular weight excluding hydrogens is 220 g/mol. The highest BCUT2D eigenvalue weighted by molar-refractivity contribution is 7.99. The van der Waals surface area contributed by atoms with E-state index in [1.54, 1.807) is 22.6 Å². The largest absolute Gasteiger partial charge is 0.298 e. The molecule has 0 fully saturated rings. The van der Waals surface area contributed by atoms with E-state index < -0.39 is 0 Å². The molecule has 3 nitrogen and oxygen atoms in total. The van der Waals surface area contributed by atoms with Gasteiger partial charge in [-0.15, -0.1) is 0 Å². The molecule has 82 valence electrons. The van der Waals surface area contributed by atoms with Crippen molar-refractivity contribution in [2.45, 2.75) is 16.7 Å². The van der Waals surface area contributed by atoms with Crippen LogP contribution in [-0.4, -0.2) is 16.1 Å². The van der Waals surface area contributed by atoms with Gasteiger partial charge in [0.05, 0.1) is 11.1 Å². The lowest BCUT2D eigenvalue weighted by molar-refractivity contribution is 0.112. The Balaban J connectivity index is 2.30.